The Morgan fingerprint density at radius 2 is 1.90 bits per heavy atom. The van der Waals surface area contributed by atoms with Gasteiger partial charge in [0.05, 0.1) is 17.7 Å². The van der Waals surface area contributed by atoms with Crippen LogP contribution in [0.2, 0.25) is 0 Å². The van der Waals surface area contributed by atoms with Crippen molar-refractivity contribution < 1.29 is 25.6 Å². The van der Waals surface area contributed by atoms with E-state index >= 15 is 0 Å². The summed E-state index contributed by atoms with van der Waals surface area (Å²) in [5.41, 5.74) is -0.885. The zero-order valence-corrected chi connectivity index (χ0v) is 18.2. The number of hydrogen-bond donors (Lipinski definition) is 2. The first kappa shape index (κ1) is 21.0. The first-order valence-corrected chi connectivity index (χ1v) is 13.5. The highest BCUT2D eigenvalue weighted by atomic mass is 32.2. The molecule has 2 aromatic rings. The molecule has 2 aliphatic carbocycles. The minimum Gasteiger partial charge on any atom is -0.370 e. The largest absolute Gasteiger partial charge is 0.370 e. The van der Waals surface area contributed by atoms with Crippen LogP contribution in [0.4, 0.5) is 14.6 Å². The maximum Gasteiger partial charge on any atom is 0.254 e. The molecular weight excluding hydrogens is 452 g/mol. The molecule has 0 unspecified atom stereocenters. The lowest BCUT2D eigenvalue weighted by atomic mass is 9.77. The van der Waals surface area contributed by atoms with Crippen LogP contribution >= 0.6 is 0 Å². The number of hydrogen-bond acceptors (Lipinski definition) is 7. The van der Waals surface area contributed by atoms with Crippen molar-refractivity contribution in [3.8, 4) is 0 Å². The van der Waals surface area contributed by atoms with Crippen LogP contribution in [-0.2, 0) is 19.9 Å². The minimum absolute atomic E-state index is 0.108. The van der Waals surface area contributed by atoms with Gasteiger partial charge in [0.15, 0.2) is 5.65 Å². The molecule has 170 valence electrons. The Morgan fingerprint density at radius 1 is 1.23 bits per heavy atom. The van der Waals surface area contributed by atoms with Crippen molar-refractivity contribution in [1.82, 2.24) is 19.3 Å². The van der Waals surface area contributed by atoms with E-state index in [1.807, 2.05) is 0 Å². The molecule has 5 rings (SSSR count). The molecule has 0 atom stereocenters. The maximum absolute atomic E-state index is 13.4. The Bertz CT molecular complexity index is 1220. The summed E-state index contributed by atoms with van der Waals surface area (Å²) < 4.78 is 79.3. The van der Waals surface area contributed by atoms with Gasteiger partial charge in [-0.25, -0.2) is 39.8 Å². The van der Waals surface area contributed by atoms with E-state index in [0.717, 1.165) is 0 Å². The lowest BCUT2D eigenvalue weighted by molar-refractivity contribution is 0.0184. The zero-order chi connectivity index (χ0) is 22.1. The molecule has 2 aromatic heterocycles. The molecule has 0 bridgehead atoms. The van der Waals surface area contributed by atoms with Crippen LogP contribution in [0, 0.1) is 11.3 Å². The fraction of sp³-hybridized carbons (Fsp3) is 0.667. The van der Waals surface area contributed by atoms with Crippen molar-refractivity contribution in [3.05, 3.63) is 18.5 Å². The van der Waals surface area contributed by atoms with Crippen LogP contribution in [0.1, 0.15) is 32.1 Å². The highest BCUT2D eigenvalue weighted by Crippen LogP contribution is 2.71. The van der Waals surface area contributed by atoms with Crippen molar-refractivity contribution in [2.75, 3.05) is 23.4 Å². The smallest absolute Gasteiger partial charge is 0.254 e. The predicted octanol–water partition coefficient (Wildman–Crippen LogP) is 1.43. The molecule has 0 amide bonds. The van der Waals surface area contributed by atoms with Crippen molar-refractivity contribution >= 4 is 31.3 Å². The zero-order valence-electron chi connectivity index (χ0n) is 16.6. The maximum atomic E-state index is 13.4. The fourth-order valence-corrected chi connectivity index (χ4v) is 7.49. The molecule has 3 fully saturated rings. The number of sulfone groups is 1. The van der Waals surface area contributed by atoms with E-state index < -0.39 is 37.2 Å². The Morgan fingerprint density at radius 3 is 2.55 bits per heavy atom. The monoisotopic (exact) mass is 475 g/mol. The third-order valence-corrected chi connectivity index (χ3v) is 9.91. The van der Waals surface area contributed by atoms with Gasteiger partial charge in [0, 0.05) is 30.6 Å². The van der Waals surface area contributed by atoms with E-state index in [9.17, 15) is 25.6 Å². The predicted molar refractivity (Wildman–Crippen MR) is 108 cm³/mol. The van der Waals surface area contributed by atoms with Gasteiger partial charge in [-0.05, 0) is 37.7 Å². The van der Waals surface area contributed by atoms with Gasteiger partial charge in [-0.3, -0.25) is 0 Å². The van der Waals surface area contributed by atoms with Gasteiger partial charge in [-0.2, -0.15) is 5.10 Å². The summed E-state index contributed by atoms with van der Waals surface area (Å²) >= 11 is 0. The molecule has 2 saturated carbocycles. The van der Waals surface area contributed by atoms with Crippen molar-refractivity contribution in [3.63, 3.8) is 0 Å². The quantitative estimate of drug-likeness (QED) is 0.648. The van der Waals surface area contributed by atoms with Gasteiger partial charge in [-0.1, -0.05) is 0 Å². The van der Waals surface area contributed by atoms with Gasteiger partial charge in [0.1, 0.15) is 20.6 Å². The Balaban J connectivity index is 1.26. The second-order valence-electron chi connectivity index (χ2n) is 8.95. The summed E-state index contributed by atoms with van der Waals surface area (Å²) in [6.07, 6.45) is 4.04. The summed E-state index contributed by atoms with van der Waals surface area (Å²) in [5, 5.41) is 7.18. The van der Waals surface area contributed by atoms with E-state index in [4.69, 9.17) is 0 Å². The Kier molecular flexibility index (Phi) is 4.62. The van der Waals surface area contributed by atoms with E-state index in [1.54, 1.807) is 12.3 Å². The number of halogens is 2. The van der Waals surface area contributed by atoms with Crippen LogP contribution in [0.5, 0.6) is 0 Å². The van der Waals surface area contributed by atoms with E-state index in [2.05, 4.69) is 20.1 Å². The number of rotatable bonds is 6. The number of nitrogens with zero attached hydrogens (tertiary/aromatic N) is 3. The lowest BCUT2D eigenvalue weighted by Gasteiger charge is -2.35. The summed E-state index contributed by atoms with van der Waals surface area (Å²) in [4.78, 5) is 4.25. The SMILES string of the molecule is O=S1(=O)CCC(CNc2ccn3ncc(S(=O)(=O)NC4CC5(C4)CC5(F)F)c3n2)CC1. The van der Waals surface area contributed by atoms with Gasteiger partial charge in [0.2, 0.25) is 10.0 Å². The second kappa shape index (κ2) is 6.82. The third kappa shape index (κ3) is 3.80. The van der Waals surface area contributed by atoms with Crippen LogP contribution in [0.25, 0.3) is 5.65 Å². The molecule has 9 nitrogen and oxygen atoms in total. The van der Waals surface area contributed by atoms with Gasteiger partial charge >= 0.3 is 0 Å². The molecular formula is C18H23F2N5O4S2. The number of anilines is 1. The molecule has 2 N–H and O–H groups in total. The van der Waals surface area contributed by atoms with Crippen molar-refractivity contribution in [2.45, 2.75) is 49.0 Å². The van der Waals surface area contributed by atoms with Crippen molar-refractivity contribution in [1.29, 1.82) is 0 Å². The van der Waals surface area contributed by atoms with E-state index in [0.29, 0.717) is 25.2 Å². The summed E-state index contributed by atoms with van der Waals surface area (Å²) in [6, 6.07) is 1.14. The molecule has 3 heterocycles. The van der Waals surface area contributed by atoms with Crippen LogP contribution < -0.4 is 10.0 Å². The average molecular weight is 476 g/mol. The number of fused-ring (bicyclic) bond motifs is 1. The molecule has 13 heteroatoms. The number of aromatic nitrogens is 3. The molecule has 3 aliphatic rings. The van der Waals surface area contributed by atoms with E-state index in [-0.39, 0.29) is 47.2 Å². The lowest BCUT2D eigenvalue weighted by Crippen LogP contribution is -2.47. The van der Waals surface area contributed by atoms with Gasteiger partial charge < -0.3 is 5.32 Å². The highest BCUT2D eigenvalue weighted by Gasteiger charge is 2.75. The fourth-order valence-electron chi connectivity index (χ4n) is 4.60. The third-order valence-electron chi connectivity index (χ3n) is 6.68. The summed E-state index contributed by atoms with van der Waals surface area (Å²) in [7, 11) is -6.89. The first-order chi connectivity index (χ1) is 14.5. The number of sulfonamides is 1. The minimum atomic E-state index is -3.96. The molecule has 1 aliphatic heterocycles. The second-order valence-corrected chi connectivity index (χ2v) is 12.9. The summed E-state index contributed by atoms with van der Waals surface area (Å²) in [5.74, 6) is -1.67. The standard InChI is InChI=1S/C18H23F2N5O4S2/c19-18(20)11-17(18)7-13(8-17)24-31(28,29)14-10-22-25-4-1-15(23-16(14)25)21-9-12-2-5-30(26,27)6-3-12/h1,4,10,12-13,24H,2-3,5-9,11H2,(H,21,23). The van der Waals surface area contributed by atoms with Crippen LogP contribution in [0.3, 0.4) is 0 Å². The normalized spacial score (nSPS) is 26.6. The molecule has 1 saturated heterocycles. The van der Waals surface area contributed by atoms with Gasteiger partial charge in [-0.15, -0.1) is 0 Å². The number of nitrogens with one attached hydrogen (secondary N) is 2. The molecule has 1 spiro atoms. The Labute approximate surface area is 178 Å². The number of alkyl halides is 2. The van der Waals surface area contributed by atoms with E-state index in [1.165, 1.54) is 10.7 Å². The topological polar surface area (TPSA) is 123 Å². The molecule has 31 heavy (non-hydrogen) atoms. The van der Waals surface area contributed by atoms with Crippen LogP contribution in [0.15, 0.2) is 23.4 Å². The molecule has 0 aromatic carbocycles. The Hall–Kier alpha value is -1.86. The first-order valence-electron chi connectivity index (χ1n) is 10.2. The van der Waals surface area contributed by atoms with Crippen molar-refractivity contribution in [2.24, 2.45) is 11.3 Å². The molecule has 0 radical (unpaired) electrons. The summed E-state index contributed by atoms with van der Waals surface area (Å²) in [6.45, 7) is 0.533. The highest BCUT2D eigenvalue weighted by molar-refractivity contribution is 7.91. The van der Waals surface area contributed by atoms with Gasteiger partial charge in [0.25, 0.3) is 5.92 Å². The van der Waals surface area contributed by atoms with Crippen LogP contribution in [-0.4, -0.2) is 61.4 Å². The average Bonchev–Trinajstić information content (AvgIpc) is 3.03.